The fourth-order valence-electron chi connectivity index (χ4n) is 4.12. The third-order valence-corrected chi connectivity index (χ3v) is 9.09. The molecule has 0 bridgehead atoms. The lowest BCUT2D eigenvalue weighted by Crippen LogP contribution is -2.53. The highest BCUT2D eigenvalue weighted by Gasteiger charge is 2.34. The van der Waals surface area contributed by atoms with Crippen LogP contribution in [0.15, 0.2) is 71.6 Å². The SMILES string of the molecule is CCC(C(=O)NC(C)C)N(Cc1ccccc1Cl)C(=O)CN(c1ccc(Cl)c(Cl)c1)S(=O)(=O)c1ccc(C)cc1. The molecule has 0 heterocycles. The van der Waals surface area contributed by atoms with Crippen molar-refractivity contribution >= 4 is 62.3 Å². The van der Waals surface area contributed by atoms with Gasteiger partial charge in [-0.1, -0.05) is 77.6 Å². The summed E-state index contributed by atoms with van der Waals surface area (Å²) >= 11 is 18.8. The fraction of sp³-hybridized carbons (Fsp3) is 0.310. The molecule has 0 aromatic heterocycles. The average molecular weight is 625 g/mol. The normalized spacial score (nSPS) is 12.2. The summed E-state index contributed by atoms with van der Waals surface area (Å²) in [6.07, 6.45) is 0.298. The molecule has 11 heteroatoms. The zero-order chi connectivity index (χ0) is 29.6. The molecule has 0 aliphatic carbocycles. The van der Waals surface area contributed by atoms with Crippen molar-refractivity contribution in [3.8, 4) is 0 Å². The number of hydrogen-bond donors (Lipinski definition) is 1. The molecule has 0 aliphatic heterocycles. The van der Waals surface area contributed by atoms with Gasteiger partial charge < -0.3 is 10.2 Å². The summed E-state index contributed by atoms with van der Waals surface area (Å²) in [5, 5.41) is 3.65. The quantitative estimate of drug-likeness (QED) is 0.265. The number of anilines is 1. The number of aryl methyl sites for hydroxylation is 1. The first kappa shape index (κ1) is 31.7. The predicted octanol–water partition coefficient (Wildman–Crippen LogP) is 6.48. The second-order valence-corrected chi connectivity index (χ2v) is 12.7. The Morgan fingerprint density at radius 2 is 1.55 bits per heavy atom. The van der Waals surface area contributed by atoms with Crippen LogP contribution in [0.4, 0.5) is 5.69 Å². The summed E-state index contributed by atoms with van der Waals surface area (Å²) in [5.41, 5.74) is 1.65. The maximum atomic E-state index is 14.1. The molecule has 3 aromatic carbocycles. The van der Waals surface area contributed by atoms with E-state index in [1.54, 1.807) is 43.3 Å². The van der Waals surface area contributed by atoms with Gasteiger partial charge in [0.2, 0.25) is 11.8 Å². The van der Waals surface area contributed by atoms with Gasteiger partial charge in [0.15, 0.2) is 0 Å². The van der Waals surface area contributed by atoms with Crippen molar-refractivity contribution in [2.24, 2.45) is 0 Å². The summed E-state index contributed by atoms with van der Waals surface area (Å²) in [7, 11) is -4.22. The predicted molar refractivity (Wildman–Crippen MR) is 162 cm³/mol. The van der Waals surface area contributed by atoms with Crippen molar-refractivity contribution in [1.29, 1.82) is 0 Å². The number of halogens is 3. The minimum atomic E-state index is -4.22. The third-order valence-electron chi connectivity index (χ3n) is 6.19. The molecule has 1 N–H and O–H groups in total. The monoisotopic (exact) mass is 623 g/mol. The standard InChI is InChI=1S/C29H32Cl3N3O4S/c1-5-27(29(37)33-19(2)3)34(17-21-8-6-7-9-24(21)30)28(36)18-35(22-12-15-25(31)26(32)16-22)40(38,39)23-13-10-20(4)11-14-23/h6-16,19,27H,5,17-18H2,1-4H3,(H,33,37). The number of nitrogens with one attached hydrogen (secondary N) is 1. The summed E-state index contributed by atoms with van der Waals surface area (Å²) < 4.78 is 28.8. The van der Waals surface area contributed by atoms with Crippen LogP contribution in [0.1, 0.15) is 38.3 Å². The van der Waals surface area contributed by atoms with Crippen LogP contribution in [-0.4, -0.2) is 43.8 Å². The molecule has 3 aromatic rings. The molecule has 0 saturated carbocycles. The van der Waals surface area contributed by atoms with E-state index in [4.69, 9.17) is 34.8 Å². The Bertz CT molecular complexity index is 1460. The maximum absolute atomic E-state index is 14.1. The van der Waals surface area contributed by atoms with Crippen LogP contribution in [-0.2, 0) is 26.2 Å². The molecule has 1 unspecified atom stereocenters. The van der Waals surface area contributed by atoms with E-state index in [1.807, 2.05) is 20.8 Å². The van der Waals surface area contributed by atoms with Crippen molar-refractivity contribution in [2.75, 3.05) is 10.8 Å². The minimum Gasteiger partial charge on any atom is -0.352 e. The molecule has 214 valence electrons. The van der Waals surface area contributed by atoms with Gasteiger partial charge in [0.1, 0.15) is 12.6 Å². The number of amides is 2. The first-order chi connectivity index (χ1) is 18.8. The highest BCUT2D eigenvalue weighted by atomic mass is 35.5. The zero-order valence-electron chi connectivity index (χ0n) is 22.7. The molecule has 3 rings (SSSR count). The van der Waals surface area contributed by atoms with E-state index in [9.17, 15) is 18.0 Å². The first-order valence-corrected chi connectivity index (χ1v) is 15.3. The number of benzene rings is 3. The fourth-order valence-corrected chi connectivity index (χ4v) is 6.01. The molecular formula is C29H32Cl3N3O4S. The molecule has 0 aliphatic rings. The van der Waals surface area contributed by atoms with Crippen molar-refractivity contribution in [1.82, 2.24) is 10.2 Å². The number of rotatable bonds is 11. The topological polar surface area (TPSA) is 86.8 Å². The number of sulfonamides is 1. The average Bonchev–Trinajstić information content (AvgIpc) is 2.89. The number of nitrogens with zero attached hydrogens (tertiary/aromatic N) is 2. The molecule has 7 nitrogen and oxygen atoms in total. The van der Waals surface area contributed by atoms with E-state index >= 15 is 0 Å². The molecule has 0 radical (unpaired) electrons. The summed E-state index contributed by atoms with van der Waals surface area (Å²) in [6, 6.07) is 16.6. The largest absolute Gasteiger partial charge is 0.352 e. The molecular weight excluding hydrogens is 593 g/mol. The van der Waals surface area contributed by atoms with E-state index < -0.39 is 28.5 Å². The van der Waals surface area contributed by atoms with Crippen LogP contribution in [0, 0.1) is 6.92 Å². The lowest BCUT2D eigenvalue weighted by Gasteiger charge is -2.33. The second-order valence-electron chi connectivity index (χ2n) is 9.62. The summed E-state index contributed by atoms with van der Waals surface area (Å²) in [5.74, 6) is -0.937. The van der Waals surface area contributed by atoms with Gasteiger partial charge in [0.05, 0.1) is 20.6 Å². The molecule has 0 saturated heterocycles. The highest BCUT2D eigenvalue weighted by Crippen LogP contribution is 2.31. The van der Waals surface area contributed by atoms with Crippen LogP contribution in [0.3, 0.4) is 0 Å². The summed E-state index contributed by atoms with van der Waals surface area (Å²) in [6.45, 7) is 6.69. The Morgan fingerprint density at radius 3 is 2.12 bits per heavy atom. The number of carbonyl (C=O) groups is 2. The van der Waals surface area contributed by atoms with Gasteiger partial charge in [-0.25, -0.2) is 8.42 Å². The maximum Gasteiger partial charge on any atom is 0.264 e. The van der Waals surface area contributed by atoms with E-state index in [1.165, 1.54) is 35.2 Å². The van der Waals surface area contributed by atoms with E-state index in [-0.39, 0.29) is 39.1 Å². The van der Waals surface area contributed by atoms with Crippen molar-refractivity contribution in [3.63, 3.8) is 0 Å². The van der Waals surface area contributed by atoms with E-state index in [0.29, 0.717) is 17.0 Å². The van der Waals surface area contributed by atoms with Gasteiger partial charge in [-0.05, 0) is 69.2 Å². The van der Waals surface area contributed by atoms with Crippen LogP contribution in [0.25, 0.3) is 0 Å². The minimum absolute atomic E-state index is 0.000723. The van der Waals surface area contributed by atoms with Gasteiger partial charge in [0.25, 0.3) is 10.0 Å². The molecule has 40 heavy (non-hydrogen) atoms. The van der Waals surface area contributed by atoms with Gasteiger partial charge in [-0.2, -0.15) is 0 Å². The van der Waals surface area contributed by atoms with Crippen LogP contribution in [0.2, 0.25) is 15.1 Å². The Balaban J connectivity index is 2.10. The lowest BCUT2D eigenvalue weighted by molar-refractivity contribution is -0.140. The molecule has 1 atom stereocenters. The summed E-state index contributed by atoms with van der Waals surface area (Å²) in [4.78, 5) is 28.6. The van der Waals surface area contributed by atoms with Crippen molar-refractivity contribution in [3.05, 3.63) is 92.9 Å². The van der Waals surface area contributed by atoms with Gasteiger partial charge in [-0.15, -0.1) is 0 Å². The number of hydrogen-bond acceptors (Lipinski definition) is 4. The number of carbonyl (C=O) groups excluding carboxylic acids is 2. The van der Waals surface area contributed by atoms with E-state index in [2.05, 4.69) is 5.32 Å². The van der Waals surface area contributed by atoms with Crippen LogP contribution in [0.5, 0.6) is 0 Å². The van der Waals surface area contributed by atoms with Gasteiger partial charge >= 0.3 is 0 Å². The zero-order valence-corrected chi connectivity index (χ0v) is 25.8. The molecule has 0 fully saturated rings. The molecule has 0 spiro atoms. The Hall–Kier alpha value is -2.78. The molecule has 2 amide bonds. The van der Waals surface area contributed by atoms with Gasteiger partial charge in [0, 0.05) is 17.6 Å². The van der Waals surface area contributed by atoms with Crippen LogP contribution < -0.4 is 9.62 Å². The van der Waals surface area contributed by atoms with Crippen LogP contribution >= 0.6 is 34.8 Å². The highest BCUT2D eigenvalue weighted by molar-refractivity contribution is 7.92. The van der Waals surface area contributed by atoms with E-state index in [0.717, 1.165) is 9.87 Å². The Labute approximate surface area is 251 Å². The lowest BCUT2D eigenvalue weighted by atomic mass is 10.1. The Kier molecular flexibility index (Phi) is 10.9. The van der Waals surface area contributed by atoms with Gasteiger partial charge in [-0.3, -0.25) is 13.9 Å². The first-order valence-electron chi connectivity index (χ1n) is 12.7. The third kappa shape index (κ3) is 7.69. The van der Waals surface area contributed by atoms with Crippen molar-refractivity contribution < 1.29 is 18.0 Å². The smallest absolute Gasteiger partial charge is 0.264 e. The van der Waals surface area contributed by atoms with Crippen molar-refractivity contribution in [2.45, 2.75) is 57.6 Å². The Morgan fingerprint density at radius 1 is 0.900 bits per heavy atom. The second kappa shape index (κ2) is 13.7.